The van der Waals surface area contributed by atoms with Crippen LogP contribution in [0.15, 0.2) is 93.9 Å². The zero-order chi connectivity index (χ0) is 20.9. The predicted molar refractivity (Wildman–Crippen MR) is 117 cm³/mol. The summed E-state index contributed by atoms with van der Waals surface area (Å²) in [6, 6.07) is 3.98. The molecule has 8 bridgehead atoms. The number of aromatic amines is 1. The average Bonchev–Trinajstić information content (AvgIpc) is 3.47. The van der Waals surface area contributed by atoms with E-state index >= 15 is 0 Å². The van der Waals surface area contributed by atoms with E-state index in [1.165, 1.54) is 6.92 Å². The second-order valence-corrected chi connectivity index (χ2v) is 7.30. The molecule has 2 unspecified atom stereocenters. The lowest BCUT2D eigenvalue weighted by atomic mass is 9.89. The molecule has 0 fully saturated rings. The van der Waals surface area contributed by atoms with Crippen LogP contribution in [0.5, 0.6) is 0 Å². The van der Waals surface area contributed by atoms with Crippen LogP contribution >= 0.6 is 0 Å². The summed E-state index contributed by atoms with van der Waals surface area (Å²) < 4.78 is 8.82. The first kappa shape index (κ1) is 16.2. The Bertz CT molecular complexity index is 1330. The first-order chi connectivity index (χ1) is 14.5. The third-order valence-electron chi connectivity index (χ3n) is 5.21. The number of aliphatic imine (C=N–C) groups is 2. The van der Waals surface area contributed by atoms with Crippen molar-refractivity contribution in [3.8, 4) is 0 Å². The molecule has 0 amide bonds. The van der Waals surface area contributed by atoms with Gasteiger partial charge in [-0.3, -0.25) is 4.79 Å². The Morgan fingerprint density at radius 2 is 1.76 bits per heavy atom. The number of Topliss-reactive ketones (excluding diaryl/α,β-unsaturated/α-hetero) is 1. The molecule has 0 radical (unpaired) electrons. The highest BCUT2D eigenvalue weighted by molar-refractivity contribution is 6.20. The Labute approximate surface area is 169 Å². The minimum Gasteiger partial charge on any atom is -0.369 e. The van der Waals surface area contributed by atoms with E-state index in [-0.39, 0.29) is 5.78 Å². The Morgan fingerprint density at radius 3 is 2.41 bits per heavy atom. The Kier molecular flexibility index (Phi) is 3.59. The van der Waals surface area contributed by atoms with Crippen LogP contribution in [0.4, 0.5) is 0 Å². The lowest BCUT2D eigenvalue weighted by molar-refractivity contribution is -0.121. The summed E-state index contributed by atoms with van der Waals surface area (Å²) in [6.45, 7) is 5.37. The van der Waals surface area contributed by atoms with Crippen LogP contribution < -0.4 is 16.0 Å². The van der Waals surface area contributed by atoms with Gasteiger partial charge in [-0.2, -0.15) is 0 Å². The van der Waals surface area contributed by atoms with Crippen molar-refractivity contribution >= 4 is 29.4 Å². The summed E-state index contributed by atoms with van der Waals surface area (Å²) in [4.78, 5) is 25.4. The molecular formula is C24H20N4O. The van der Waals surface area contributed by atoms with Crippen LogP contribution in [0.2, 0.25) is 0 Å². The fourth-order valence-electron chi connectivity index (χ4n) is 3.72. The molecule has 0 spiro atoms. The second kappa shape index (κ2) is 6.41. The van der Waals surface area contributed by atoms with Gasteiger partial charge >= 0.3 is 0 Å². The molecule has 5 nitrogen and oxygen atoms in total. The molecule has 4 aliphatic rings. The van der Waals surface area contributed by atoms with Crippen LogP contribution in [0.25, 0.3) is 12.2 Å². The fourth-order valence-corrected chi connectivity index (χ4v) is 3.72. The van der Waals surface area contributed by atoms with E-state index in [9.17, 15) is 4.79 Å². The molecule has 0 saturated heterocycles. The van der Waals surface area contributed by atoms with Gasteiger partial charge in [-0.1, -0.05) is 12.7 Å². The maximum Gasteiger partial charge on any atom is 0.159 e. The van der Waals surface area contributed by atoms with E-state index in [0.717, 1.165) is 27.8 Å². The summed E-state index contributed by atoms with van der Waals surface area (Å²) in [5.41, 5.74) is 3.10. The van der Waals surface area contributed by atoms with Crippen molar-refractivity contribution in [3.63, 3.8) is 0 Å². The highest BCUT2D eigenvalue weighted by Gasteiger charge is 2.40. The van der Waals surface area contributed by atoms with Crippen molar-refractivity contribution in [2.45, 2.75) is 18.9 Å². The minimum absolute atomic E-state index is 0.154. The smallest absolute Gasteiger partial charge is 0.159 e. The quantitative estimate of drug-likeness (QED) is 0.824. The minimum atomic E-state index is -1.22. The maximum atomic E-state index is 12.8. The highest BCUT2D eigenvalue weighted by atomic mass is 16.1. The van der Waals surface area contributed by atoms with E-state index in [4.69, 9.17) is 1.37 Å². The van der Waals surface area contributed by atoms with E-state index in [1.807, 2.05) is 54.7 Å². The number of allylic oxidation sites excluding steroid dienone is 6. The lowest BCUT2D eigenvalue weighted by Gasteiger charge is -2.24. The van der Waals surface area contributed by atoms with Crippen LogP contribution in [0.3, 0.4) is 0 Å². The number of fused-ring (bicyclic) bond motifs is 6. The fraction of sp³-hybridized carbons (Fsp3) is 0.125. The van der Waals surface area contributed by atoms with Crippen molar-refractivity contribution in [1.29, 1.82) is 0 Å². The molecule has 142 valence electrons. The van der Waals surface area contributed by atoms with Gasteiger partial charge in [0.2, 0.25) is 0 Å². The first-order valence-electron chi connectivity index (χ1n) is 9.99. The topological polar surface area (TPSA) is 69.6 Å². The van der Waals surface area contributed by atoms with Gasteiger partial charge in [0.25, 0.3) is 0 Å². The van der Waals surface area contributed by atoms with Crippen molar-refractivity contribution < 1.29 is 6.17 Å². The SMILES string of the molecule is [2H]C1C(C=C)=C2/C=C3/C=CC(=N3)/C=c3/cc/c([nH]3)=C/C3=NC(=C\C1(C(C)=O)N2)/C=C3. The molecule has 29 heavy (non-hydrogen) atoms. The van der Waals surface area contributed by atoms with Gasteiger partial charge in [0.15, 0.2) is 5.78 Å². The van der Waals surface area contributed by atoms with Gasteiger partial charge in [0.1, 0.15) is 5.54 Å². The number of hydrogen-bond donors (Lipinski definition) is 2. The highest BCUT2D eigenvalue weighted by Crippen LogP contribution is 2.34. The molecule has 5 heterocycles. The zero-order valence-electron chi connectivity index (χ0n) is 16.9. The number of aromatic nitrogens is 1. The summed E-state index contributed by atoms with van der Waals surface area (Å²) >= 11 is 0. The summed E-state index contributed by atoms with van der Waals surface area (Å²) in [6.07, 6.45) is 15.9. The molecule has 5 rings (SSSR count). The van der Waals surface area contributed by atoms with Crippen molar-refractivity contribution in [3.05, 3.63) is 94.6 Å². The van der Waals surface area contributed by atoms with Gasteiger partial charge in [-0.15, -0.1) is 0 Å². The van der Waals surface area contributed by atoms with E-state index < -0.39 is 11.9 Å². The molecule has 1 aromatic rings. The number of rotatable bonds is 2. The average molecular weight is 381 g/mol. The van der Waals surface area contributed by atoms with Crippen LogP contribution in [-0.2, 0) is 4.79 Å². The molecule has 4 aliphatic heterocycles. The van der Waals surface area contributed by atoms with E-state index in [0.29, 0.717) is 17.0 Å². The molecule has 5 heteroatoms. The van der Waals surface area contributed by atoms with Crippen molar-refractivity contribution in [2.24, 2.45) is 9.98 Å². The zero-order valence-corrected chi connectivity index (χ0v) is 15.9. The summed E-state index contributed by atoms with van der Waals surface area (Å²) in [7, 11) is 0. The molecular weight excluding hydrogens is 360 g/mol. The predicted octanol–water partition coefficient (Wildman–Crippen LogP) is 2.14. The molecule has 0 aromatic carbocycles. The monoisotopic (exact) mass is 381 g/mol. The Balaban J connectivity index is 1.76. The number of carbonyl (C=O) groups is 1. The third-order valence-corrected chi connectivity index (χ3v) is 5.21. The molecule has 0 saturated carbocycles. The van der Waals surface area contributed by atoms with Gasteiger partial charge in [0, 0.05) is 24.2 Å². The largest absolute Gasteiger partial charge is 0.369 e. The molecule has 1 aromatic heterocycles. The summed E-state index contributed by atoms with van der Waals surface area (Å²) in [5, 5.41) is 5.16. The van der Waals surface area contributed by atoms with Crippen molar-refractivity contribution in [1.82, 2.24) is 10.3 Å². The van der Waals surface area contributed by atoms with Crippen LogP contribution in [-0.4, -0.2) is 27.7 Å². The molecule has 2 N–H and O–H groups in total. The lowest BCUT2D eigenvalue weighted by Crippen LogP contribution is -2.45. The number of ketones is 1. The number of nitrogens with zero attached hydrogens (tertiary/aromatic N) is 2. The van der Waals surface area contributed by atoms with Gasteiger partial charge in [-0.05, 0) is 73.2 Å². The normalized spacial score (nSPS) is 33.1. The summed E-state index contributed by atoms with van der Waals surface area (Å²) in [5.74, 6) is -0.154. The van der Waals surface area contributed by atoms with Crippen LogP contribution in [0.1, 0.15) is 14.7 Å². The van der Waals surface area contributed by atoms with Crippen LogP contribution in [0, 0.1) is 0 Å². The molecule has 0 aliphatic carbocycles. The third kappa shape index (κ3) is 3.10. The van der Waals surface area contributed by atoms with E-state index in [2.05, 4.69) is 26.9 Å². The Morgan fingerprint density at radius 1 is 1.10 bits per heavy atom. The van der Waals surface area contributed by atoms with Gasteiger partial charge in [0.05, 0.1) is 22.8 Å². The number of hydrogen-bond acceptors (Lipinski definition) is 4. The van der Waals surface area contributed by atoms with E-state index in [1.54, 1.807) is 12.2 Å². The number of carbonyl (C=O) groups excluding carboxylic acids is 1. The Hall–Kier alpha value is -3.73. The van der Waals surface area contributed by atoms with Gasteiger partial charge < -0.3 is 10.3 Å². The standard InChI is InChI=1S/C24H20N4O/c1-3-16-13-24(15(2)29)14-22-9-8-20(27-22)11-18-5-4-17(25-18)10-19-6-7-21(26-19)12-23(16)28-24/h3-12,14,25,28H,1,13H2,2H3/b17-10-,18-11-,21-12-,22-14-/i13D. The number of nitrogens with one attached hydrogen (secondary N) is 2. The second-order valence-electron chi connectivity index (χ2n) is 7.30. The number of H-pyrrole nitrogens is 1. The maximum absolute atomic E-state index is 12.8. The molecule has 2 atom stereocenters. The van der Waals surface area contributed by atoms with Crippen molar-refractivity contribution in [2.75, 3.05) is 0 Å². The van der Waals surface area contributed by atoms with Gasteiger partial charge in [-0.25, -0.2) is 9.98 Å². The first-order valence-corrected chi connectivity index (χ1v) is 9.41.